The highest BCUT2D eigenvalue weighted by molar-refractivity contribution is 6.33. The zero-order valence-electron chi connectivity index (χ0n) is 8.93. The molecule has 0 unspecified atom stereocenters. The Morgan fingerprint density at radius 1 is 1.38 bits per heavy atom. The Kier molecular flexibility index (Phi) is 3.60. The Morgan fingerprint density at radius 2 is 2.12 bits per heavy atom. The number of piperazine rings is 1. The lowest BCUT2D eigenvalue weighted by molar-refractivity contribution is 0.287. The second kappa shape index (κ2) is 5.15. The first-order chi connectivity index (χ1) is 7.81. The first-order valence-corrected chi connectivity index (χ1v) is 5.63. The van der Waals surface area contributed by atoms with Gasteiger partial charge in [0.05, 0.1) is 23.3 Å². The summed E-state index contributed by atoms with van der Waals surface area (Å²) >= 11 is 6.09. The number of aromatic nitrogens is 1. The molecule has 84 valence electrons. The lowest BCUT2D eigenvalue weighted by Crippen LogP contribution is -2.46. The van der Waals surface area contributed by atoms with Crippen LogP contribution in [0.4, 0.5) is 5.69 Å². The maximum absolute atomic E-state index is 8.61. The van der Waals surface area contributed by atoms with Crippen molar-refractivity contribution in [3.05, 3.63) is 23.5 Å². The predicted octanol–water partition coefficient (Wildman–Crippen LogP) is 1.38. The van der Waals surface area contributed by atoms with E-state index < -0.39 is 0 Å². The van der Waals surface area contributed by atoms with Crippen LogP contribution in [-0.2, 0) is 0 Å². The molecule has 2 heterocycles. The van der Waals surface area contributed by atoms with Crippen molar-refractivity contribution < 1.29 is 0 Å². The van der Waals surface area contributed by atoms with Crippen LogP contribution in [0.5, 0.6) is 0 Å². The lowest BCUT2D eigenvalue weighted by Gasteiger charge is -2.35. The van der Waals surface area contributed by atoms with Gasteiger partial charge in [-0.3, -0.25) is 9.88 Å². The highest BCUT2D eigenvalue weighted by Gasteiger charge is 2.18. The van der Waals surface area contributed by atoms with Crippen molar-refractivity contribution in [1.82, 2.24) is 9.88 Å². The van der Waals surface area contributed by atoms with Crippen molar-refractivity contribution >= 4 is 17.3 Å². The smallest absolute Gasteiger partial charge is 0.0867 e. The summed E-state index contributed by atoms with van der Waals surface area (Å²) in [6.45, 7) is 4.15. The van der Waals surface area contributed by atoms with E-state index in [4.69, 9.17) is 16.9 Å². The van der Waals surface area contributed by atoms with Gasteiger partial charge in [-0.1, -0.05) is 11.6 Å². The van der Waals surface area contributed by atoms with E-state index >= 15 is 0 Å². The van der Waals surface area contributed by atoms with Crippen LogP contribution in [0, 0.1) is 11.3 Å². The van der Waals surface area contributed by atoms with E-state index in [-0.39, 0.29) is 0 Å². The molecule has 0 spiro atoms. The fourth-order valence-electron chi connectivity index (χ4n) is 1.87. The molecule has 4 nitrogen and oxygen atoms in total. The largest absolute Gasteiger partial charge is 0.368 e. The number of hydrogen-bond donors (Lipinski definition) is 0. The highest BCUT2D eigenvalue weighted by Crippen LogP contribution is 2.24. The molecule has 0 radical (unpaired) electrons. The average molecular weight is 237 g/mol. The van der Waals surface area contributed by atoms with Crippen molar-refractivity contribution in [3.63, 3.8) is 0 Å². The van der Waals surface area contributed by atoms with Gasteiger partial charge in [0.25, 0.3) is 0 Å². The van der Waals surface area contributed by atoms with E-state index in [9.17, 15) is 0 Å². The Morgan fingerprint density at radius 3 is 2.75 bits per heavy atom. The molecule has 0 amide bonds. The molecule has 1 saturated heterocycles. The summed E-state index contributed by atoms with van der Waals surface area (Å²) in [5.74, 6) is 0. The van der Waals surface area contributed by atoms with Gasteiger partial charge in [0.1, 0.15) is 0 Å². The predicted molar refractivity (Wildman–Crippen MR) is 63.5 cm³/mol. The summed E-state index contributed by atoms with van der Waals surface area (Å²) < 4.78 is 0. The standard InChI is InChI=1S/C11H13ClN4/c12-10-9-14-3-1-11(10)16-7-5-15(4-2-13)6-8-16/h1,3,9H,4-8H2. The number of rotatable bonds is 2. The number of pyridine rings is 1. The van der Waals surface area contributed by atoms with Crippen LogP contribution in [0.2, 0.25) is 5.02 Å². The summed E-state index contributed by atoms with van der Waals surface area (Å²) in [6.07, 6.45) is 3.42. The topological polar surface area (TPSA) is 43.2 Å². The zero-order valence-corrected chi connectivity index (χ0v) is 9.69. The molecule has 0 saturated carbocycles. The summed E-state index contributed by atoms with van der Waals surface area (Å²) in [7, 11) is 0. The van der Waals surface area contributed by atoms with Crippen molar-refractivity contribution in [2.75, 3.05) is 37.6 Å². The molecule has 0 aromatic carbocycles. The molecule has 1 aromatic heterocycles. The minimum absolute atomic E-state index is 0.512. The van der Waals surface area contributed by atoms with E-state index in [1.807, 2.05) is 6.07 Å². The maximum Gasteiger partial charge on any atom is 0.0867 e. The molecule has 0 bridgehead atoms. The van der Waals surface area contributed by atoms with Gasteiger partial charge >= 0.3 is 0 Å². The third-order valence-electron chi connectivity index (χ3n) is 2.76. The summed E-state index contributed by atoms with van der Waals surface area (Å²) in [6, 6.07) is 4.11. The minimum Gasteiger partial charge on any atom is -0.368 e. The van der Waals surface area contributed by atoms with E-state index in [1.54, 1.807) is 12.4 Å². The third-order valence-corrected chi connectivity index (χ3v) is 3.05. The second-order valence-electron chi connectivity index (χ2n) is 3.75. The third kappa shape index (κ3) is 2.43. The number of nitriles is 1. The van der Waals surface area contributed by atoms with Crippen molar-refractivity contribution in [3.8, 4) is 6.07 Å². The average Bonchev–Trinajstić information content (AvgIpc) is 2.31. The summed E-state index contributed by atoms with van der Waals surface area (Å²) in [5, 5.41) is 9.30. The van der Waals surface area contributed by atoms with Gasteiger partial charge in [-0.25, -0.2) is 0 Å². The van der Waals surface area contributed by atoms with Gasteiger partial charge in [0.15, 0.2) is 0 Å². The zero-order chi connectivity index (χ0) is 11.4. The molecular formula is C11H13ClN4. The van der Waals surface area contributed by atoms with Gasteiger partial charge in [0.2, 0.25) is 0 Å². The van der Waals surface area contributed by atoms with Crippen LogP contribution in [0.25, 0.3) is 0 Å². The fourth-order valence-corrected chi connectivity index (χ4v) is 2.11. The molecule has 0 atom stereocenters. The van der Waals surface area contributed by atoms with Gasteiger partial charge in [-0.2, -0.15) is 5.26 Å². The fraction of sp³-hybridized carbons (Fsp3) is 0.455. The van der Waals surface area contributed by atoms with Gasteiger partial charge in [0, 0.05) is 38.6 Å². The van der Waals surface area contributed by atoms with Crippen LogP contribution >= 0.6 is 11.6 Å². The number of halogens is 1. The minimum atomic E-state index is 0.512. The highest BCUT2D eigenvalue weighted by atomic mass is 35.5. The van der Waals surface area contributed by atoms with Gasteiger partial charge in [-0.15, -0.1) is 0 Å². The van der Waals surface area contributed by atoms with Gasteiger partial charge < -0.3 is 4.90 Å². The lowest BCUT2D eigenvalue weighted by atomic mass is 10.2. The molecule has 1 aliphatic rings. The first-order valence-electron chi connectivity index (χ1n) is 5.25. The Labute approximate surface area is 100 Å². The Balaban J connectivity index is 2.00. The van der Waals surface area contributed by atoms with Crippen LogP contribution in [0.1, 0.15) is 0 Å². The van der Waals surface area contributed by atoms with E-state index in [0.29, 0.717) is 11.6 Å². The Hall–Kier alpha value is -1.31. The summed E-state index contributed by atoms with van der Waals surface area (Å²) in [5.41, 5.74) is 1.04. The monoisotopic (exact) mass is 236 g/mol. The normalized spacial score (nSPS) is 17.1. The molecule has 1 fully saturated rings. The molecular weight excluding hydrogens is 224 g/mol. The van der Waals surface area contributed by atoms with Crippen LogP contribution in [0.15, 0.2) is 18.5 Å². The van der Waals surface area contributed by atoms with Crippen molar-refractivity contribution in [2.24, 2.45) is 0 Å². The van der Waals surface area contributed by atoms with Crippen LogP contribution in [-0.4, -0.2) is 42.6 Å². The van der Waals surface area contributed by atoms with Crippen LogP contribution in [0.3, 0.4) is 0 Å². The Bertz CT molecular complexity index is 393. The van der Waals surface area contributed by atoms with Crippen molar-refractivity contribution in [1.29, 1.82) is 5.26 Å². The molecule has 5 heteroatoms. The SMILES string of the molecule is N#CCN1CCN(c2ccncc2Cl)CC1. The molecule has 0 N–H and O–H groups in total. The molecule has 1 aromatic rings. The number of anilines is 1. The molecule has 16 heavy (non-hydrogen) atoms. The van der Waals surface area contributed by atoms with Crippen LogP contribution < -0.4 is 4.90 Å². The molecule has 1 aliphatic heterocycles. The van der Waals surface area contributed by atoms with E-state index in [1.165, 1.54) is 0 Å². The van der Waals surface area contributed by atoms with E-state index in [0.717, 1.165) is 31.9 Å². The van der Waals surface area contributed by atoms with Gasteiger partial charge in [-0.05, 0) is 6.07 Å². The number of hydrogen-bond acceptors (Lipinski definition) is 4. The molecule has 2 rings (SSSR count). The first kappa shape index (κ1) is 11.2. The van der Waals surface area contributed by atoms with Crippen molar-refractivity contribution in [2.45, 2.75) is 0 Å². The maximum atomic E-state index is 8.61. The molecule has 0 aliphatic carbocycles. The second-order valence-corrected chi connectivity index (χ2v) is 4.16. The number of nitrogens with zero attached hydrogens (tertiary/aromatic N) is 4. The summed E-state index contributed by atoms with van der Waals surface area (Å²) in [4.78, 5) is 8.35. The quantitative estimate of drug-likeness (QED) is 0.728. The van der Waals surface area contributed by atoms with E-state index in [2.05, 4.69) is 20.9 Å².